The number of rotatable bonds is 6. The summed E-state index contributed by atoms with van der Waals surface area (Å²) in [5.41, 5.74) is -3.59. The van der Waals surface area contributed by atoms with Gasteiger partial charge >= 0.3 is 6.18 Å². The van der Waals surface area contributed by atoms with Gasteiger partial charge in [0, 0.05) is 5.69 Å². The number of methoxy groups -OCH3 is 1. The molecule has 2 aromatic rings. The van der Waals surface area contributed by atoms with Crippen LogP contribution in [0.1, 0.15) is 12.5 Å². The number of hydrogen-bond donors (Lipinski definition) is 2. The molecule has 1 amide bonds. The predicted molar refractivity (Wildman–Crippen MR) is 95.7 cm³/mol. The largest absolute Gasteiger partial charge is 0.497 e. The van der Waals surface area contributed by atoms with Crippen molar-refractivity contribution in [3.8, 4) is 5.75 Å². The van der Waals surface area contributed by atoms with Crippen LogP contribution in [0.3, 0.4) is 0 Å². The van der Waals surface area contributed by atoms with Gasteiger partial charge in [-0.1, -0.05) is 6.07 Å². The Bertz CT molecular complexity index is 954. The molecule has 0 aliphatic carbocycles. The predicted octanol–water partition coefficient (Wildman–Crippen LogP) is 2.88. The minimum Gasteiger partial charge on any atom is -0.497 e. The molecule has 2 N–H and O–H groups in total. The Morgan fingerprint density at radius 1 is 1.14 bits per heavy atom. The quantitative estimate of drug-likeness (QED) is 0.754. The maximum atomic E-state index is 12.8. The number of amides is 1. The van der Waals surface area contributed by atoms with Gasteiger partial charge in [0.05, 0.1) is 23.3 Å². The summed E-state index contributed by atoms with van der Waals surface area (Å²) in [6, 6.07) is 9.12. The third-order valence-corrected chi connectivity index (χ3v) is 5.76. The van der Waals surface area contributed by atoms with Crippen molar-refractivity contribution >= 4 is 21.4 Å². The van der Waals surface area contributed by atoms with E-state index >= 15 is 0 Å². The Hall–Kier alpha value is -2.59. The van der Waals surface area contributed by atoms with E-state index in [1.54, 1.807) is 0 Å². The summed E-state index contributed by atoms with van der Waals surface area (Å²) >= 11 is 0. The number of nitrogens with one attached hydrogen (secondary N) is 1. The molecule has 152 valence electrons. The second kappa shape index (κ2) is 7.80. The van der Waals surface area contributed by atoms with E-state index in [9.17, 15) is 31.5 Å². The normalized spacial score (nSPS) is 14.2. The number of hydrogen-bond acceptors (Lipinski definition) is 5. The molecule has 0 aliphatic heterocycles. The first-order valence-corrected chi connectivity index (χ1v) is 9.58. The van der Waals surface area contributed by atoms with Gasteiger partial charge in [0.25, 0.3) is 5.91 Å². The maximum Gasteiger partial charge on any atom is 0.416 e. The zero-order chi connectivity index (χ0) is 21.2. The van der Waals surface area contributed by atoms with Crippen LogP contribution in [0.2, 0.25) is 0 Å². The molecule has 0 radical (unpaired) electrons. The van der Waals surface area contributed by atoms with E-state index in [-0.39, 0.29) is 10.6 Å². The number of halogens is 3. The minimum absolute atomic E-state index is 0.138. The van der Waals surface area contributed by atoms with Crippen molar-refractivity contribution in [3.63, 3.8) is 0 Å². The highest BCUT2D eigenvalue weighted by molar-refractivity contribution is 7.91. The summed E-state index contributed by atoms with van der Waals surface area (Å²) < 4.78 is 68.1. The number of carbonyl (C=O) groups excluding carboxylic acids is 1. The molecule has 0 unspecified atom stereocenters. The Morgan fingerprint density at radius 2 is 1.75 bits per heavy atom. The molecular weight excluding hydrogens is 399 g/mol. The van der Waals surface area contributed by atoms with E-state index < -0.39 is 38.8 Å². The number of ether oxygens (including phenoxy) is 1. The fourth-order valence-corrected chi connectivity index (χ4v) is 3.93. The maximum absolute atomic E-state index is 12.8. The number of alkyl halides is 3. The van der Waals surface area contributed by atoms with Crippen molar-refractivity contribution in [1.29, 1.82) is 0 Å². The van der Waals surface area contributed by atoms with Crippen LogP contribution in [0, 0.1) is 0 Å². The molecule has 0 bridgehead atoms. The SMILES string of the molecule is COc1ccc(S(=O)(=O)C[C@](C)(O)C(=O)Nc2cccc(C(F)(F)F)c2)cc1. The fraction of sp³-hybridized carbons (Fsp3) is 0.278. The van der Waals surface area contributed by atoms with Gasteiger partial charge in [0.15, 0.2) is 15.4 Å². The number of aliphatic hydroxyl groups is 1. The first-order valence-electron chi connectivity index (χ1n) is 7.93. The van der Waals surface area contributed by atoms with Crippen molar-refractivity contribution in [2.24, 2.45) is 0 Å². The van der Waals surface area contributed by atoms with E-state index in [4.69, 9.17) is 4.74 Å². The second-order valence-electron chi connectivity index (χ2n) is 6.24. The first-order chi connectivity index (χ1) is 12.8. The summed E-state index contributed by atoms with van der Waals surface area (Å²) in [5, 5.41) is 12.4. The Balaban J connectivity index is 2.18. The van der Waals surface area contributed by atoms with Crippen molar-refractivity contribution in [1.82, 2.24) is 0 Å². The standard InChI is InChI=1S/C18H18F3NO5S/c1-17(24,11-28(25,26)15-8-6-14(27-2)7-9-15)16(23)22-13-5-3-4-12(10-13)18(19,20)21/h3-10,24H,11H2,1-2H3,(H,22,23)/t17-/m0/s1. The van der Waals surface area contributed by atoms with Crippen molar-refractivity contribution in [3.05, 3.63) is 54.1 Å². The molecule has 0 saturated carbocycles. The number of benzene rings is 2. The molecule has 28 heavy (non-hydrogen) atoms. The van der Waals surface area contributed by atoms with E-state index in [2.05, 4.69) is 5.32 Å². The van der Waals surface area contributed by atoms with Gasteiger partial charge in [-0.25, -0.2) is 8.42 Å². The highest BCUT2D eigenvalue weighted by Crippen LogP contribution is 2.31. The molecule has 10 heteroatoms. The van der Waals surface area contributed by atoms with Crippen molar-refractivity contribution in [2.45, 2.75) is 23.6 Å². The smallest absolute Gasteiger partial charge is 0.416 e. The van der Waals surface area contributed by atoms with Crippen LogP contribution in [-0.2, 0) is 20.8 Å². The zero-order valence-corrected chi connectivity index (χ0v) is 15.8. The number of anilines is 1. The molecular formula is C18H18F3NO5S. The van der Waals surface area contributed by atoms with Crippen molar-refractivity contribution < 1.29 is 36.2 Å². The summed E-state index contributed by atoms with van der Waals surface area (Å²) in [7, 11) is -2.65. The summed E-state index contributed by atoms with van der Waals surface area (Å²) in [5.74, 6) is -1.69. The van der Waals surface area contributed by atoms with Crippen LogP contribution in [0.25, 0.3) is 0 Å². The minimum atomic E-state index is -4.61. The van der Waals surface area contributed by atoms with Gasteiger partial charge in [-0.2, -0.15) is 13.2 Å². The fourth-order valence-electron chi connectivity index (χ4n) is 2.34. The second-order valence-corrected chi connectivity index (χ2v) is 8.23. The molecule has 0 fully saturated rings. The number of carbonyl (C=O) groups is 1. The Kier molecular flexibility index (Phi) is 6.05. The van der Waals surface area contributed by atoms with Crippen molar-refractivity contribution in [2.75, 3.05) is 18.2 Å². The lowest BCUT2D eigenvalue weighted by molar-refractivity contribution is -0.137. The topological polar surface area (TPSA) is 92.7 Å². The van der Waals surface area contributed by atoms with E-state index in [0.29, 0.717) is 11.8 Å². The molecule has 0 saturated heterocycles. The molecule has 2 aromatic carbocycles. The van der Waals surface area contributed by atoms with Crippen LogP contribution in [0.5, 0.6) is 5.75 Å². The third kappa shape index (κ3) is 5.23. The zero-order valence-electron chi connectivity index (χ0n) is 14.9. The molecule has 0 aliphatic rings. The van der Waals surface area contributed by atoms with Crippen LogP contribution < -0.4 is 10.1 Å². The van der Waals surface area contributed by atoms with Crippen LogP contribution in [0.15, 0.2) is 53.4 Å². The lowest BCUT2D eigenvalue weighted by Crippen LogP contribution is -2.45. The molecule has 2 rings (SSSR count). The van der Waals surface area contributed by atoms with E-state index in [0.717, 1.165) is 19.1 Å². The molecule has 0 spiro atoms. The molecule has 0 aromatic heterocycles. The summed E-state index contributed by atoms with van der Waals surface area (Å²) in [4.78, 5) is 12.1. The highest BCUT2D eigenvalue weighted by Gasteiger charge is 2.37. The monoisotopic (exact) mass is 417 g/mol. The Morgan fingerprint density at radius 3 is 2.29 bits per heavy atom. The summed E-state index contributed by atoms with van der Waals surface area (Å²) in [6.07, 6.45) is -4.61. The van der Waals surface area contributed by atoms with Gasteiger partial charge in [0.2, 0.25) is 0 Å². The average Bonchev–Trinajstić information content (AvgIpc) is 2.60. The van der Waals surface area contributed by atoms with E-state index in [1.165, 1.54) is 37.4 Å². The highest BCUT2D eigenvalue weighted by atomic mass is 32.2. The van der Waals surface area contributed by atoms with Crippen LogP contribution in [0.4, 0.5) is 18.9 Å². The van der Waals surface area contributed by atoms with Crippen LogP contribution >= 0.6 is 0 Å². The average molecular weight is 417 g/mol. The van der Waals surface area contributed by atoms with Gasteiger partial charge in [-0.15, -0.1) is 0 Å². The molecule has 6 nitrogen and oxygen atoms in total. The molecule has 0 heterocycles. The lowest BCUT2D eigenvalue weighted by atomic mass is 10.1. The summed E-state index contributed by atoms with van der Waals surface area (Å²) in [6.45, 7) is 0.969. The van der Waals surface area contributed by atoms with Gasteiger partial charge in [0.1, 0.15) is 5.75 Å². The molecule has 1 atom stereocenters. The lowest BCUT2D eigenvalue weighted by Gasteiger charge is -2.22. The van der Waals surface area contributed by atoms with Gasteiger partial charge in [-0.05, 0) is 49.4 Å². The first kappa shape index (κ1) is 21.7. The Labute approximate surface area is 159 Å². The van der Waals surface area contributed by atoms with Gasteiger partial charge < -0.3 is 15.2 Å². The van der Waals surface area contributed by atoms with E-state index in [1.807, 2.05) is 0 Å². The van der Waals surface area contributed by atoms with Gasteiger partial charge in [-0.3, -0.25) is 4.79 Å². The number of sulfone groups is 1. The van der Waals surface area contributed by atoms with Crippen LogP contribution in [-0.4, -0.2) is 37.9 Å². The third-order valence-electron chi connectivity index (χ3n) is 3.83.